The van der Waals surface area contributed by atoms with Crippen LogP contribution in [0.25, 0.3) is 22.5 Å². The summed E-state index contributed by atoms with van der Waals surface area (Å²) in [6.45, 7) is 3.70. The van der Waals surface area contributed by atoms with Crippen molar-refractivity contribution in [1.82, 2.24) is 24.3 Å². The quantitative estimate of drug-likeness (QED) is 0.123. The Bertz CT molecular complexity index is 1830. The van der Waals surface area contributed by atoms with Crippen LogP contribution in [0.3, 0.4) is 0 Å². The van der Waals surface area contributed by atoms with E-state index in [4.69, 9.17) is 27.9 Å². The molecule has 1 aliphatic heterocycles. The Kier molecular flexibility index (Phi) is 9.30. The molecule has 234 valence electrons. The Hall–Kier alpha value is -5.01. The van der Waals surface area contributed by atoms with Crippen molar-refractivity contribution in [2.75, 3.05) is 16.9 Å². The number of aromatic nitrogens is 5. The molecule has 13 nitrogen and oxygen atoms in total. The van der Waals surface area contributed by atoms with Crippen LogP contribution in [-0.2, 0) is 21.4 Å². The zero-order valence-corrected chi connectivity index (χ0v) is 25.9. The van der Waals surface area contributed by atoms with Crippen molar-refractivity contribution in [2.24, 2.45) is 24.5 Å². The number of esters is 1. The zero-order valence-electron chi connectivity index (χ0n) is 25.1. The number of amides is 1. The number of rotatable bonds is 6. The van der Waals surface area contributed by atoms with Gasteiger partial charge in [-0.15, -0.1) is 0 Å². The first-order chi connectivity index (χ1) is 21.6. The van der Waals surface area contributed by atoms with E-state index in [1.54, 1.807) is 53.8 Å². The van der Waals surface area contributed by atoms with Gasteiger partial charge >= 0.3 is 5.97 Å². The molecule has 1 amide bonds. The van der Waals surface area contributed by atoms with Gasteiger partial charge in [0.1, 0.15) is 5.70 Å². The third-order valence-electron chi connectivity index (χ3n) is 7.63. The lowest BCUT2D eigenvalue weighted by molar-refractivity contribution is -0.138. The minimum Gasteiger partial charge on any atom is -0.461 e. The highest BCUT2D eigenvalue weighted by Gasteiger charge is 2.24. The number of ether oxygens (including phenoxy) is 1. The number of hydrogen-bond donors (Lipinski definition) is 3. The van der Waals surface area contributed by atoms with Gasteiger partial charge in [0.15, 0.2) is 0 Å². The number of aryl methyl sites for hydroxylation is 1. The standard InChI is InChI=1S/C31H34ClN9O4/c1-4-45-31(44)22(33)16-41(34)26-9-8-20(32)13-21(26)23-14-28(42)40(17-36-23)27-7-5-6-18(2)30(43)38-25-15-37-39(3)29(25)19-10-11-35-24(27)12-19/h8-18,27H,4-7,33-34H2,1-3H3,(H,38,43)/b22-16-. The van der Waals surface area contributed by atoms with E-state index >= 15 is 0 Å². The molecule has 0 saturated heterocycles. The number of hydrogen-bond acceptors (Lipinski definition) is 10. The number of nitrogens with one attached hydrogen (secondary N) is 1. The van der Waals surface area contributed by atoms with Gasteiger partial charge in [-0.25, -0.2) is 15.6 Å². The Morgan fingerprint density at radius 1 is 1.20 bits per heavy atom. The molecule has 5 rings (SSSR count). The number of benzene rings is 1. The van der Waals surface area contributed by atoms with Gasteiger partial charge in [0.25, 0.3) is 5.56 Å². The molecule has 0 radical (unpaired) electrons. The highest BCUT2D eigenvalue weighted by atomic mass is 35.5. The lowest BCUT2D eigenvalue weighted by atomic mass is 9.97. The summed E-state index contributed by atoms with van der Waals surface area (Å²) in [6.07, 6.45) is 7.83. The van der Waals surface area contributed by atoms with Crippen molar-refractivity contribution in [2.45, 2.75) is 39.2 Å². The van der Waals surface area contributed by atoms with Crippen LogP contribution in [0.4, 0.5) is 11.4 Å². The van der Waals surface area contributed by atoms with Crippen molar-refractivity contribution >= 4 is 34.9 Å². The maximum atomic E-state index is 13.8. The highest BCUT2D eigenvalue weighted by molar-refractivity contribution is 6.31. The molecule has 4 aromatic rings. The van der Waals surface area contributed by atoms with E-state index in [0.29, 0.717) is 52.6 Å². The molecular formula is C31H34ClN9O4. The average molecular weight is 632 g/mol. The van der Waals surface area contributed by atoms with E-state index in [0.717, 1.165) is 16.3 Å². The summed E-state index contributed by atoms with van der Waals surface area (Å²) >= 11 is 6.32. The van der Waals surface area contributed by atoms with Crippen LogP contribution >= 0.6 is 11.6 Å². The number of carbonyl (C=O) groups is 2. The van der Waals surface area contributed by atoms with Gasteiger partial charge in [0.05, 0.1) is 59.8 Å². The molecule has 1 aromatic carbocycles. The molecule has 0 spiro atoms. The first-order valence-corrected chi connectivity index (χ1v) is 14.8. The second kappa shape index (κ2) is 13.3. The maximum Gasteiger partial charge on any atom is 0.355 e. The summed E-state index contributed by atoms with van der Waals surface area (Å²) in [5.74, 6) is 5.19. The van der Waals surface area contributed by atoms with Crippen LogP contribution in [0.15, 0.2) is 71.8 Å². The molecule has 0 fully saturated rings. The molecule has 4 heterocycles. The van der Waals surface area contributed by atoms with Crippen LogP contribution in [0.1, 0.15) is 44.8 Å². The normalized spacial score (nSPS) is 17.0. The van der Waals surface area contributed by atoms with E-state index in [-0.39, 0.29) is 29.7 Å². The minimum atomic E-state index is -0.714. The third kappa shape index (κ3) is 6.74. The van der Waals surface area contributed by atoms with Gasteiger partial charge in [0.2, 0.25) is 5.91 Å². The van der Waals surface area contributed by atoms with E-state index in [1.165, 1.54) is 18.6 Å². The van der Waals surface area contributed by atoms with E-state index in [1.807, 2.05) is 19.1 Å². The largest absolute Gasteiger partial charge is 0.461 e. The summed E-state index contributed by atoms with van der Waals surface area (Å²) < 4.78 is 8.17. The fourth-order valence-corrected chi connectivity index (χ4v) is 5.47. The van der Waals surface area contributed by atoms with Crippen LogP contribution in [0, 0.1) is 5.92 Å². The molecule has 14 heteroatoms. The predicted octanol–water partition coefficient (Wildman–Crippen LogP) is 3.75. The smallest absolute Gasteiger partial charge is 0.355 e. The summed E-state index contributed by atoms with van der Waals surface area (Å²) in [5.41, 5.74) is 9.30. The Balaban J connectivity index is 1.55. The van der Waals surface area contributed by atoms with E-state index in [2.05, 4.69) is 20.4 Å². The number of halogens is 1. The lowest BCUT2D eigenvalue weighted by Crippen LogP contribution is -2.29. The van der Waals surface area contributed by atoms with Gasteiger partial charge < -0.3 is 15.8 Å². The summed E-state index contributed by atoms with van der Waals surface area (Å²) in [6, 6.07) is 9.56. The molecule has 2 unspecified atom stereocenters. The molecule has 2 atom stereocenters. The summed E-state index contributed by atoms with van der Waals surface area (Å²) in [7, 11) is 1.80. The molecule has 0 aliphatic carbocycles. The lowest BCUT2D eigenvalue weighted by Gasteiger charge is -2.23. The van der Waals surface area contributed by atoms with E-state index < -0.39 is 12.0 Å². The van der Waals surface area contributed by atoms with Crippen molar-refractivity contribution < 1.29 is 14.3 Å². The second-order valence-corrected chi connectivity index (χ2v) is 11.2. The average Bonchev–Trinajstić information content (AvgIpc) is 3.38. The maximum absolute atomic E-state index is 13.8. The fraction of sp³-hybridized carbons (Fsp3) is 0.290. The number of hydrazine groups is 1. The van der Waals surface area contributed by atoms with Gasteiger partial charge in [-0.3, -0.25) is 28.8 Å². The molecule has 45 heavy (non-hydrogen) atoms. The molecule has 1 aliphatic rings. The summed E-state index contributed by atoms with van der Waals surface area (Å²) in [5, 5.41) is 8.90. The van der Waals surface area contributed by atoms with Crippen molar-refractivity contribution in [3.63, 3.8) is 0 Å². The van der Waals surface area contributed by atoms with Crippen LogP contribution in [-0.4, -0.2) is 42.8 Å². The fourth-order valence-electron chi connectivity index (χ4n) is 5.30. The number of anilines is 2. The monoisotopic (exact) mass is 631 g/mol. The van der Waals surface area contributed by atoms with Gasteiger partial charge in [0, 0.05) is 41.4 Å². The topological polar surface area (TPSA) is 176 Å². The zero-order chi connectivity index (χ0) is 32.2. The second-order valence-electron chi connectivity index (χ2n) is 10.7. The summed E-state index contributed by atoms with van der Waals surface area (Å²) in [4.78, 5) is 48.0. The first-order valence-electron chi connectivity index (χ1n) is 14.4. The number of nitrogens with zero attached hydrogens (tertiary/aromatic N) is 6. The molecular weight excluding hydrogens is 598 g/mol. The van der Waals surface area contributed by atoms with Gasteiger partial charge in [-0.1, -0.05) is 24.9 Å². The Morgan fingerprint density at radius 2 is 2.00 bits per heavy atom. The van der Waals surface area contributed by atoms with Gasteiger partial charge in [-0.05, 0) is 50.1 Å². The molecule has 2 bridgehead atoms. The van der Waals surface area contributed by atoms with Crippen LogP contribution in [0.2, 0.25) is 5.02 Å². The predicted molar refractivity (Wildman–Crippen MR) is 171 cm³/mol. The first kappa shape index (κ1) is 31.4. The Morgan fingerprint density at radius 3 is 2.76 bits per heavy atom. The van der Waals surface area contributed by atoms with Crippen molar-refractivity contribution in [3.8, 4) is 22.5 Å². The number of pyridine rings is 1. The minimum absolute atomic E-state index is 0.0935. The van der Waals surface area contributed by atoms with E-state index in [9.17, 15) is 14.4 Å². The Labute approximate surface area is 264 Å². The van der Waals surface area contributed by atoms with Crippen LogP contribution < -0.4 is 27.5 Å². The SMILES string of the molecule is CCOC(=O)/C(N)=C/N(N)c1ccc(Cl)cc1-c1cc(=O)n(C2CCCC(C)C(=O)Nc3cnn(C)c3-c3ccnc2c3)cn1. The van der Waals surface area contributed by atoms with Crippen molar-refractivity contribution in [3.05, 3.63) is 88.1 Å². The highest BCUT2D eigenvalue weighted by Crippen LogP contribution is 2.34. The van der Waals surface area contributed by atoms with Crippen molar-refractivity contribution in [1.29, 1.82) is 0 Å². The third-order valence-corrected chi connectivity index (χ3v) is 7.86. The molecule has 3 aromatic heterocycles. The number of fused-ring (bicyclic) bond motifs is 4. The molecule has 5 N–H and O–H groups in total. The van der Waals surface area contributed by atoms with Gasteiger partial charge in [-0.2, -0.15) is 5.10 Å². The van der Waals surface area contributed by atoms with Crippen LogP contribution in [0.5, 0.6) is 0 Å². The molecule has 0 saturated carbocycles. The number of carbonyl (C=O) groups excluding carboxylic acids is 2. The number of nitrogens with two attached hydrogens (primary N) is 2.